The first-order chi connectivity index (χ1) is 12.8. The Labute approximate surface area is 155 Å². The van der Waals surface area contributed by atoms with Crippen molar-refractivity contribution < 1.29 is 13.6 Å². The Bertz CT molecular complexity index is 960. The predicted molar refractivity (Wildman–Crippen MR) is 100 cm³/mol. The number of carbonyl (C=O) groups is 1. The van der Waals surface area contributed by atoms with E-state index in [1.54, 1.807) is 0 Å². The van der Waals surface area contributed by atoms with Crippen LogP contribution < -0.4 is 10.6 Å². The molecular weight excluding hydrogens is 350 g/mol. The van der Waals surface area contributed by atoms with Crippen molar-refractivity contribution in [2.75, 3.05) is 10.6 Å². The number of carbonyl (C=O) groups excluding carboxylic acids is 1. The lowest BCUT2D eigenvalue weighted by Gasteiger charge is -2.13. The van der Waals surface area contributed by atoms with Crippen molar-refractivity contribution in [3.05, 3.63) is 76.6 Å². The molecule has 0 aliphatic carbocycles. The molecule has 0 fully saturated rings. The molecule has 0 atom stereocenters. The van der Waals surface area contributed by atoms with Crippen molar-refractivity contribution in [2.45, 2.75) is 20.8 Å². The fraction of sp³-hybridized carbons (Fsp3) is 0.150. The molecule has 0 unspecified atom stereocenters. The number of para-hydroxylation sites is 1. The SMILES string of the molecule is Cc1cc(C)c(NC(=O)c2cnc(Nc3c(F)cccc3F)nc2)c(C)c1. The van der Waals surface area contributed by atoms with Gasteiger partial charge in [-0.05, 0) is 44.0 Å². The van der Waals surface area contributed by atoms with E-state index in [2.05, 4.69) is 20.6 Å². The van der Waals surface area contributed by atoms with Gasteiger partial charge in [-0.25, -0.2) is 18.7 Å². The normalized spacial score (nSPS) is 10.6. The summed E-state index contributed by atoms with van der Waals surface area (Å²) in [5, 5.41) is 5.33. The molecule has 1 heterocycles. The summed E-state index contributed by atoms with van der Waals surface area (Å²) in [5.74, 6) is -1.90. The molecule has 7 heteroatoms. The van der Waals surface area contributed by atoms with Crippen molar-refractivity contribution in [1.29, 1.82) is 0 Å². The molecule has 0 saturated heterocycles. The van der Waals surface area contributed by atoms with E-state index in [-0.39, 0.29) is 23.1 Å². The van der Waals surface area contributed by atoms with Gasteiger partial charge in [0.1, 0.15) is 17.3 Å². The largest absolute Gasteiger partial charge is 0.321 e. The van der Waals surface area contributed by atoms with E-state index in [1.807, 2.05) is 32.9 Å². The minimum Gasteiger partial charge on any atom is -0.321 e. The molecule has 2 N–H and O–H groups in total. The summed E-state index contributed by atoms with van der Waals surface area (Å²) in [6.07, 6.45) is 2.59. The Morgan fingerprint density at radius 1 is 0.926 bits per heavy atom. The average Bonchev–Trinajstić information content (AvgIpc) is 2.61. The molecule has 0 saturated carbocycles. The second-order valence-electron chi connectivity index (χ2n) is 6.24. The maximum atomic E-state index is 13.7. The lowest BCUT2D eigenvalue weighted by molar-refractivity contribution is 0.102. The highest BCUT2D eigenvalue weighted by atomic mass is 19.1. The summed E-state index contributed by atoms with van der Waals surface area (Å²) in [5.41, 5.74) is 3.64. The van der Waals surface area contributed by atoms with Gasteiger partial charge in [0.25, 0.3) is 5.91 Å². The van der Waals surface area contributed by atoms with Crippen LogP contribution in [0.1, 0.15) is 27.0 Å². The maximum Gasteiger partial charge on any atom is 0.258 e. The van der Waals surface area contributed by atoms with Gasteiger partial charge in [-0.1, -0.05) is 23.8 Å². The van der Waals surface area contributed by atoms with Crippen molar-refractivity contribution in [3.8, 4) is 0 Å². The lowest BCUT2D eigenvalue weighted by Crippen LogP contribution is -2.15. The quantitative estimate of drug-likeness (QED) is 0.702. The zero-order valence-corrected chi connectivity index (χ0v) is 15.1. The number of hydrogen-bond donors (Lipinski definition) is 2. The van der Waals surface area contributed by atoms with Crippen LogP contribution >= 0.6 is 0 Å². The minimum atomic E-state index is -0.759. The first-order valence-corrected chi connectivity index (χ1v) is 8.27. The molecule has 0 bridgehead atoms. The van der Waals surface area contributed by atoms with E-state index in [0.717, 1.165) is 34.5 Å². The van der Waals surface area contributed by atoms with E-state index in [1.165, 1.54) is 18.5 Å². The van der Waals surface area contributed by atoms with Gasteiger partial charge in [-0.3, -0.25) is 4.79 Å². The number of amides is 1. The van der Waals surface area contributed by atoms with Crippen molar-refractivity contribution in [1.82, 2.24) is 9.97 Å². The Hall–Kier alpha value is -3.35. The summed E-state index contributed by atoms with van der Waals surface area (Å²) < 4.78 is 27.3. The summed E-state index contributed by atoms with van der Waals surface area (Å²) in [6, 6.07) is 7.47. The van der Waals surface area contributed by atoms with Crippen LogP contribution in [0.2, 0.25) is 0 Å². The lowest BCUT2D eigenvalue weighted by atomic mass is 10.0. The van der Waals surface area contributed by atoms with Crippen LogP contribution in [0.15, 0.2) is 42.7 Å². The van der Waals surface area contributed by atoms with E-state index < -0.39 is 11.6 Å². The van der Waals surface area contributed by atoms with Crippen LogP contribution in [0.4, 0.5) is 26.1 Å². The van der Waals surface area contributed by atoms with Crippen LogP contribution in [0.3, 0.4) is 0 Å². The summed E-state index contributed by atoms with van der Waals surface area (Å²) in [7, 11) is 0. The minimum absolute atomic E-state index is 0.0155. The van der Waals surface area contributed by atoms with Crippen molar-refractivity contribution >= 4 is 23.2 Å². The van der Waals surface area contributed by atoms with E-state index in [9.17, 15) is 13.6 Å². The van der Waals surface area contributed by atoms with E-state index in [4.69, 9.17) is 0 Å². The zero-order chi connectivity index (χ0) is 19.6. The second-order valence-corrected chi connectivity index (χ2v) is 6.24. The number of benzene rings is 2. The third-order valence-electron chi connectivity index (χ3n) is 4.03. The Morgan fingerprint density at radius 3 is 2.04 bits per heavy atom. The number of halogens is 2. The highest BCUT2D eigenvalue weighted by Gasteiger charge is 2.13. The number of aryl methyl sites for hydroxylation is 3. The van der Waals surface area contributed by atoms with E-state index in [0.29, 0.717) is 0 Å². The Balaban J connectivity index is 1.76. The molecule has 27 heavy (non-hydrogen) atoms. The molecule has 3 rings (SSSR count). The van der Waals surface area contributed by atoms with Crippen LogP contribution in [0.25, 0.3) is 0 Å². The fourth-order valence-corrected chi connectivity index (χ4v) is 2.80. The van der Waals surface area contributed by atoms with E-state index >= 15 is 0 Å². The highest BCUT2D eigenvalue weighted by molar-refractivity contribution is 6.04. The Morgan fingerprint density at radius 2 is 1.48 bits per heavy atom. The van der Waals surface area contributed by atoms with Crippen molar-refractivity contribution in [3.63, 3.8) is 0 Å². The molecule has 0 radical (unpaired) electrons. The first-order valence-electron chi connectivity index (χ1n) is 8.27. The molecule has 0 spiro atoms. The molecule has 3 aromatic rings. The zero-order valence-electron chi connectivity index (χ0n) is 15.1. The predicted octanol–water partition coefficient (Wildman–Crippen LogP) is 4.68. The van der Waals surface area contributed by atoms with Gasteiger partial charge < -0.3 is 10.6 Å². The Kier molecular flexibility index (Phi) is 5.12. The van der Waals surface area contributed by atoms with Crippen LogP contribution in [-0.2, 0) is 0 Å². The summed E-state index contributed by atoms with van der Waals surface area (Å²) >= 11 is 0. The molecule has 5 nitrogen and oxygen atoms in total. The van der Waals surface area contributed by atoms with Gasteiger partial charge in [0.2, 0.25) is 5.95 Å². The molecular formula is C20H18F2N4O. The second kappa shape index (κ2) is 7.49. The van der Waals surface area contributed by atoms with Crippen LogP contribution in [0, 0.1) is 32.4 Å². The standard InChI is InChI=1S/C20H18F2N4O/c1-11-7-12(2)17(13(3)8-11)25-19(27)14-9-23-20(24-10-14)26-18-15(21)5-4-6-16(18)22/h4-10H,1-3H3,(H,25,27)(H,23,24,26). The topological polar surface area (TPSA) is 66.9 Å². The number of hydrogen-bond acceptors (Lipinski definition) is 4. The molecule has 0 aliphatic heterocycles. The van der Waals surface area contributed by atoms with Gasteiger partial charge in [0, 0.05) is 18.1 Å². The van der Waals surface area contributed by atoms with Gasteiger partial charge in [0.05, 0.1) is 5.56 Å². The fourth-order valence-electron chi connectivity index (χ4n) is 2.80. The molecule has 1 amide bonds. The maximum absolute atomic E-state index is 13.7. The molecule has 2 aromatic carbocycles. The van der Waals surface area contributed by atoms with Gasteiger partial charge in [-0.15, -0.1) is 0 Å². The molecule has 138 valence electrons. The summed E-state index contributed by atoms with van der Waals surface area (Å²) in [4.78, 5) is 20.4. The molecule has 0 aliphatic rings. The number of anilines is 3. The number of nitrogens with zero attached hydrogens (tertiary/aromatic N) is 2. The van der Waals surface area contributed by atoms with Gasteiger partial charge in [-0.2, -0.15) is 0 Å². The summed E-state index contributed by atoms with van der Waals surface area (Å²) in [6.45, 7) is 5.83. The highest BCUT2D eigenvalue weighted by Crippen LogP contribution is 2.23. The van der Waals surface area contributed by atoms with Gasteiger partial charge in [0.15, 0.2) is 0 Å². The van der Waals surface area contributed by atoms with Gasteiger partial charge >= 0.3 is 0 Å². The smallest absolute Gasteiger partial charge is 0.258 e. The van der Waals surface area contributed by atoms with Crippen LogP contribution in [-0.4, -0.2) is 15.9 Å². The molecule has 1 aromatic heterocycles. The number of aromatic nitrogens is 2. The van der Waals surface area contributed by atoms with Crippen molar-refractivity contribution in [2.24, 2.45) is 0 Å². The number of nitrogens with one attached hydrogen (secondary N) is 2. The average molecular weight is 368 g/mol. The van der Waals surface area contributed by atoms with Crippen LogP contribution in [0.5, 0.6) is 0 Å². The third kappa shape index (κ3) is 4.08. The monoisotopic (exact) mass is 368 g/mol. The number of rotatable bonds is 4. The third-order valence-corrected chi connectivity index (χ3v) is 4.03. The first kappa shape index (κ1) is 18.4.